The predicted octanol–water partition coefficient (Wildman–Crippen LogP) is 4.70. The summed E-state index contributed by atoms with van der Waals surface area (Å²) in [4.78, 5) is 25.0. The SMILES string of the molecule is COc1cc(OC)cc(C(c2cc(OC)cc(OC)c2)[C@H](C)OC(=O)[C@H](C)NC(=O)OC(C)(C)C)c1. The first-order valence-electron chi connectivity index (χ1n) is 11.6. The van der Waals surface area contributed by atoms with E-state index < -0.39 is 35.7 Å². The van der Waals surface area contributed by atoms with Crippen molar-refractivity contribution >= 4 is 12.1 Å². The minimum atomic E-state index is -0.928. The van der Waals surface area contributed by atoms with Gasteiger partial charge in [0.25, 0.3) is 0 Å². The van der Waals surface area contributed by atoms with E-state index in [1.165, 1.54) is 6.92 Å². The lowest BCUT2D eigenvalue weighted by Crippen LogP contribution is -2.43. The van der Waals surface area contributed by atoms with Crippen LogP contribution >= 0.6 is 0 Å². The number of benzene rings is 2. The molecule has 0 fully saturated rings. The first-order chi connectivity index (χ1) is 16.9. The summed E-state index contributed by atoms with van der Waals surface area (Å²) >= 11 is 0. The van der Waals surface area contributed by atoms with Gasteiger partial charge in [-0.05, 0) is 70.0 Å². The molecule has 0 bridgehead atoms. The molecule has 0 radical (unpaired) electrons. The van der Waals surface area contributed by atoms with Gasteiger partial charge in [-0.15, -0.1) is 0 Å². The van der Waals surface area contributed by atoms with Crippen LogP contribution in [0.2, 0.25) is 0 Å². The zero-order valence-electron chi connectivity index (χ0n) is 22.5. The first-order valence-corrected chi connectivity index (χ1v) is 11.6. The van der Waals surface area contributed by atoms with Crippen LogP contribution in [-0.2, 0) is 14.3 Å². The van der Waals surface area contributed by atoms with Gasteiger partial charge in [-0.3, -0.25) is 0 Å². The topological polar surface area (TPSA) is 102 Å². The van der Waals surface area contributed by atoms with Crippen molar-refractivity contribution in [2.75, 3.05) is 28.4 Å². The van der Waals surface area contributed by atoms with E-state index in [4.69, 9.17) is 28.4 Å². The number of ether oxygens (including phenoxy) is 6. The summed E-state index contributed by atoms with van der Waals surface area (Å²) in [7, 11) is 6.26. The molecule has 0 aromatic heterocycles. The maximum absolute atomic E-state index is 12.9. The fourth-order valence-electron chi connectivity index (χ4n) is 3.65. The van der Waals surface area contributed by atoms with Crippen LogP contribution in [0.3, 0.4) is 0 Å². The normalized spacial score (nSPS) is 12.8. The summed E-state index contributed by atoms with van der Waals surface area (Å²) in [5.41, 5.74) is 0.882. The summed E-state index contributed by atoms with van der Waals surface area (Å²) in [5, 5.41) is 2.52. The highest BCUT2D eigenvalue weighted by molar-refractivity contribution is 5.81. The summed E-state index contributed by atoms with van der Waals surface area (Å²) in [5.74, 6) is 1.29. The molecular weight excluding hydrogens is 466 g/mol. The number of nitrogens with one attached hydrogen (secondary N) is 1. The second-order valence-electron chi connectivity index (χ2n) is 9.28. The molecule has 0 saturated carbocycles. The van der Waals surface area contributed by atoms with E-state index in [-0.39, 0.29) is 0 Å². The molecule has 9 heteroatoms. The van der Waals surface area contributed by atoms with E-state index in [0.717, 1.165) is 11.1 Å². The summed E-state index contributed by atoms with van der Waals surface area (Å²) in [6.45, 7) is 8.55. The number of methoxy groups -OCH3 is 4. The second-order valence-corrected chi connectivity index (χ2v) is 9.28. The third kappa shape index (κ3) is 7.96. The Balaban J connectivity index is 2.43. The van der Waals surface area contributed by atoms with Gasteiger partial charge < -0.3 is 33.7 Å². The molecule has 2 atom stereocenters. The first kappa shape index (κ1) is 28.6. The molecule has 1 N–H and O–H groups in total. The van der Waals surface area contributed by atoms with E-state index >= 15 is 0 Å². The second kappa shape index (κ2) is 12.4. The van der Waals surface area contributed by atoms with Gasteiger partial charge in [-0.25, -0.2) is 9.59 Å². The number of esters is 1. The van der Waals surface area contributed by atoms with Crippen LogP contribution in [0.25, 0.3) is 0 Å². The van der Waals surface area contributed by atoms with Crippen molar-refractivity contribution in [3.8, 4) is 23.0 Å². The van der Waals surface area contributed by atoms with Crippen molar-refractivity contribution < 1.29 is 38.0 Å². The highest BCUT2D eigenvalue weighted by Crippen LogP contribution is 2.38. The average Bonchev–Trinajstić information content (AvgIpc) is 2.82. The molecule has 198 valence electrons. The van der Waals surface area contributed by atoms with E-state index in [1.807, 2.05) is 24.3 Å². The standard InChI is InChI=1S/C27H37NO8/c1-16(28-26(30)36-27(3,4)5)25(29)35-17(2)24(18-10-20(31-6)14-21(11-18)32-7)19-12-22(33-8)15-23(13-19)34-9/h10-17,24H,1-9H3,(H,28,30)/t16-,17-/m0/s1. The van der Waals surface area contributed by atoms with Crippen LogP contribution in [0.5, 0.6) is 23.0 Å². The molecular formula is C27H37NO8. The van der Waals surface area contributed by atoms with E-state index in [0.29, 0.717) is 23.0 Å². The molecule has 2 rings (SSSR count). The highest BCUT2D eigenvalue weighted by atomic mass is 16.6. The average molecular weight is 504 g/mol. The molecule has 0 aliphatic heterocycles. The maximum atomic E-state index is 12.9. The van der Waals surface area contributed by atoms with Crippen LogP contribution in [0.1, 0.15) is 51.7 Å². The molecule has 1 amide bonds. The molecule has 0 spiro atoms. The number of carbonyl (C=O) groups excluding carboxylic acids is 2. The Morgan fingerprint density at radius 2 is 1.11 bits per heavy atom. The Morgan fingerprint density at radius 3 is 1.44 bits per heavy atom. The fraction of sp³-hybridized carbons (Fsp3) is 0.481. The smallest absolute Gasteiger partial charge is 0.408 e. The molecule has 0 unspecified atom stereocenters. The molecule has 2 aromatic carbocycles. The lowest BCUT2D eigenvalue weighted by atomic mass is 9.86. The Bertz CT molecular complexity index is 947. The highest BCUT2D eigenvalue weighted by Gasteiger charge is 2.30. The van der Waals surface area contributed by atoms with Gasteiger partial charge in [-0.2, -0.15) is 0 Å². The van der Waals surface area contributed by atoms with Gasteiger partial charge in [0.15, 0.2) is 0 Å². The van der Waals surface area contributed by atoms with Crippen LogP contribution in [0.15, 0.2) is 36.4 Å². The maximum Gasteiger partial charge on any atom is 0.408 e. The lowest BCUT2D eigenvalue weighted by molar-refractivity contribution is -0.150. The van der Waals surface area contributed by atoms with Crippen molar-refractivity contribution in [2.24, 2.45) is 0 Å². The molecule has 2 aromatic rings. The van der Waals surface area contributed by atoms with E-state index in [2.05, 4.69) is 5.32 Å². The number of amides is 1. The van der Waals surface area contributed by atoms with Crippen LogP contribution < -0.4 is 24.3 Å². The molecule has 9 nitrogen and oxygen atoms in total. The molecule has 0 aliphatic carbocycles. The molecule has 0 heterocycles. The zero-order valence-corrected chi connectivity index (χ0v) is 22.5. The van der Waals surface area contributed by atoms with Crippen LogP contribution in [0.4, 0.5) is 4.79 Å². The molecule has 0 aliphatic rings. The fourth-order valence-corrected chi connectivity index (χ4v) is 3.65. The van der Waals surface area contributed by atoms with Crippen molar-refractivity contribution in [2.45, 2.75) is 58.3 Å². The van der Waals surface area contributed by atoms with Gasteiger partial charge in [0.2, 0.25) is 0 Å². The number of hydrogen-bond donors (Lipinski definition) is 1. The third-order valence-electron chi connectivity index (χ3n) is 5.32. The van der Waals surface area contributed by atoms with Gasteiger partial charge in [0, 0.05) is 18.1 Å². The summed E-state index contributed by atoms with van der Waals surface area (Å²) < 4.78 is 32.9. The van der Waals surface area contributed by atoms with Crippen LogP contribution in [0, 0.1) is 0 Å². The largest absolute Gasteiger partial charge is 0.497 e. The van der Waals surface area contributed by atoms with Crippen molar-refractivity contribution in [1.82, 2.24) is 5.32 Å². The van der Waals surface area contributed by atoms with Gasteiger partial charge >= 0.3 is 12.1 Å². The van der Waals surface area contributed by atoms with Gasteiger partial charge in [0.1, 0.15) is 40.7 Å². The van der Waals surface area contributed by atoms with Crippen molar-refractivity contribution in [3.63, 3.8) is 0 Å². The Morgan fingerprint density at radius 1 is 0.722 bits per heavy atom. The Labute approximate surface area is 213 Å². The minimum Gasteiger partial charge on any atom is -0.497 e. The molecule has 0 saturated heterocycles. The Hall–Kier alpha value is -3.62. The van der Waals surface area contributed by atoms with Gasteiger partial charge in [-0.1, -0.05) is 0 Å². The number of rotatable bonds is 10. The van der Waals surface area contributed by atoms with Gasteiger partial charge in [0.05, 0.1) is 28.4 Å². The minimum absolute atomic E-state index is 0.448. The van der Waals surface area contributed by atoms with Crippen molar-refractivity contribution in [1.29, 1.82) is 0 Å². The molecule has 36 heavy (non-hydrogen) atoms. The third-order valence-corrected chi connectivity index (χ3v) is 5.32. The summed E-state index contributed by atoms with van der Waals surface area (Å²) in [6, 6.07) is 10.0. The number of alkyl carbamates (subject to hydrolysis) is 1. The lowest BCUT2D eigenvalue weighted by Gasteiger charge is -2.28. The number of hydrogen-bond acceptors (Lipinski definition) is 8. The monoisotopic (exact) mass is 503 g/mol. The van der Waals surface area contributed by atoms with Crippen LogP contribution in [-0.4, -0.2) is 58.2 Å². The quantitative estimate of drug-likeness (QED) is 0.466. The van der Waals surface area contributed by atoms with E-state index in [1.54, 1.807) is 68.3 Å². The number of carbonyl (C=O) groups is 2. The predicted molar refractivity (Wildman–Crippen MR) is 135 cm³/mol. The zero-order chi connectivity index (χ0) is 27.0. The summed E-state index contributed by atoms with van der Waals surface area (Å²) in [6.07, 6.45) is -1.36. The van der Waals surface area contributed by atoms with Crippen molar-refractivity contribution in [3.05, 3.63) is 47.5 Å². The Kier molecular flexibility index (Phi) is 9.84. The van der Waals surface area contributed by atoms with E-state index in [9.17, 15) is 9.59 Å².